The fourth-order valence-electron chi connectivity index (χ4n) is 6.39. The number of nitrogens with one attached hydrogen (secondary N) is 3. The summed E-state index contributed by atoms with van der Waals surface area (Å²) in [5.74, 6) is -0.229. The second-order valence-electron chi connectivity index (χ2n) is 16.2. The van der Waals surface area contributed by atoms with Crippen molar-refractivity contribution >= 4 is 17.7 Å². The van der Waals surface area contributed by atoms with Gasteiger partial charge in [-0.1, -0.05) is 166 Å². The van der Waals surface area contributed by atoms with Crippen molar-refractivity contribution in [2.75, 3.05) is 33.4 Å². The van der Waals surface area contributed by atoms with Gasteiger partial charge in [-0.15, -0.1) is 0 Å². The summed E-state index contributed by atoms with van der Waals surface area (Å²) in [6.45, 7) is 5.92. The van der Waals surface area contributed by atoms with Crippen LogP contribution in [0.1, 0.15) is 155 Å². The number of allylic oxidation sites excluding steroid dienone is 24. The molecule has 0 fully saturated rings. The minimum Gasteiger partial charge on any atom is -0.396 e. The van der Waals surface area contributed by atoms with E-state index in [4.69, 9.17) is 4.74 Å². The summed E-state index contributed by atoms with van der Waals surface area (Å²) in [6, 6.07) is -0.634. The molecule has 0 heterocycles. The molecule has 0 aromatic heterocycles. The maximum absolute atomic E-state index is 13.2. The molecule has 0 saturated carbocycles. The van der Waals surface area contributed by atoms with Crippen molar-refractivity contribution < 1.29 is 24.2 Å². The minimum atomic E-state index is -0.634. The Balaban J connectivity index is 4.52. The molecule has 0 rings (SSSR count). The largest absolute Gasteiger partial charge is 0.396 e. The van der Waals surface area contributed by atoms with E-state index in [1.54, 1.807) is 7.11 Å². The zero-order chi connectivity index (χ0) is 48.1. The second-order valence-corrected chi connectivity index (χ2v) is 16.2. The number of ether oxygens (including phenoxy) is 1. The van der Waals surface area contributed by atoms with Crippen molar-refractivity contribution in [2.24, 2.45) is 5.92 Å². The van der Waals surface area contributed by atoms with Gasteiger partial charge < -0.3 is 25.8 Å². The van der Waals surface area contributed by atoms with E-state index in [0.717, 1.165) is 96.3 Å². The van der Waals surface area contributed by atoms with E-state index in [-0.39, 0.29) is 30.2 Å². The normalized spacial score (nSPS) is 13.8. The van der Waals surface area contributed by atoms with Gasteiger partial charge in [0.15, 0.2) is 0 Å². The Labute approximate surface area is 402 Å². The van der Waals surface area contributed by atoms with Gasteiger partial charge in [-0.05, 0) is 122 Å². The van der Waals surface area contributed by atoms with Gasteiger partial charge in [0.1, 0.15) is 6.04 Å². The fourth-order valence-corrected chi connectivity index (χ4v) is 6.39. The van der Waals surface area contributed by atoms with Crippen LogP contribution in [-0.2, 0) is 19.1 Å². The third-order valence-electron chi connectivity index (χ3n) is 10.2. The van der Waals surface area contributed by atoms with Crippen LogP contribution in [0.4, 0.5) is 0 Å². The van der Waals surface area contributed by atoms with E-state index in [1.807, 2.05) is 6.08 Å². The van der Waals surface area contributed by atoms with Gasteiger partial charge in [-0.2, -0.15) is 0 Å². The molecule has 8 nitrogen and oxygen atoms in total. The Morgan fingerprint density at radius 1 is 0.455 bits per heavy atom. The summed E-state index contributed by atoms with van der Waals surface area (Å²) >= 11 is 0. The Kier molecular flexibility index (Phi) is 47.5. The smallest absolute Gasteiger partial charge is 0.242 e. The van der Waals surface area contributed by atoms with Gasteiger partial charge >= 0.3 is 0 Å². The zero-order valence-corrected chi connectivity index (χ0v) is 41.5. The average Bonchev–Trinajstić information content (AvgIpc) is 3.31. The minimum absolute atomic E-state index is 0.0143. The number of carbonyl (C=O) groups excluding carboxylic acids is 3. The first-order valence-corrected chi connectivity index (χ1v) is 25.2. The second kappa shape index (κ2) is 51.2. The summed E-state index contributed by atoms with van der Waals surface area (Å²) in [5.41, 5.74) is 0. The molecule has 0 aliphatic rings. The molecule has 66 heavy (non-hydrogen) atoms. The molecule has 0 spiro atoms. The van der Waals surface area contributed by atoms with Crippen molar-refractivity contribution in [2.45, 2.75) is 161 Å². The Hall–Kier alpha value is -4.79. The lowest BCUT2D eigenvalue weighted by Gasteiger charge is -2.19. The monoisotopic (exact) mass is 910 g/mol. The first-order valence-electron chi connectivity index (χ1n) is 25.2. The Morgan fingerprint density at radius 3 is 1.18 bits per heavy atom. The van der Waals surface area contributed by atoms with E-state index in [0.29, 0.717) is 64.6 Å². The van der Waals surface area contributed by atoms with E-state index in [2.05, 4.69) is 170 Å². The summed E-state index contributed by atoms with van der Waals surface area (Å²) in [7, 11) is 1.63. The molecule has 8 heteroatoms. The lowest BCUT2D eigenvalue weighted by molar-refractivity contribution is -0.129. The molecule has 1 unspecified atom stereocenters. The van der Waals surface area contributed by atoms with Crippen LogP contribution in [0.2, 0.25) is 0 Å². The predicted octanol–water partition coefficient (Wildman–Crippen LogP) is 13.3. The Morgan fingerprint density at radius 2 is 0.803 bits per heavy atom. The van der Waals surface area contributed by atoms with Crippen LogP contribution >= 0.6 is 0 Å². The highest BCUT2D eigenvalue weighted by molar-refractivity contribution is 5.87. The number of aliphatic hydroxyl groups excluding tert-OH is 1. The lowest BCUT2D eigenvalue weighted by atomic mass is 10.0. The van der Waals surface area contributed by atoms with Crippen LogP contribution < -0.4 is 16.0 Å². The summed E-state index contributed by atoms with van der Waals surface area (Å²) < 4.78 is 5.16. The maximum Gasteiger partial charge on any atom is 0.242 e. The number of hydrogen-bond acceptors (Lipinski definition) is 5. The van der Waals surface area contributed by atoms with E-state index >= 15 is 0 Å². The molecule has 0 saturated heterocycles. The highest BCUT2D eigenvalue weighted by Crippen LogP contribution is 2.09. The SMILES string of the molecule is CC/C=C\C/C=C\C/C=C\C/C=C\C/C=C\C/C=C\CCC(=O)NCCCC[C@H](NC(=O)CC/C=C\C/C=C\C/C=C\C/C=C\C/C=C\C/C=C\CC)C(=O)NCCCCC(CO)COC. The van der Waals surface area contributed by atoms with Crippen LogP contribution in [0.3, 0.4) is 0 Å². The van der Waals surface area contributed by atoms with Crippen LogP contribution in [0, 0.1) is 5.92 Å². The van der Waals surface area contributed by atoms with Crippen molar-refractivity contribution in [3.8, 4) is 0 Å². The standard InChI is InChI=1S/C58H91N3O5/c1-4-6-8-10-12-14-16-18-20-22-24-26-28-30-32-34-36-38-40-48-56(63)59-50-45-43-47-55(58(65)60-51-44-42-46-54(52-62)53-66-3)61-57(64)49-41-39-37-35-33-31-29-27-25-23-21-19-17-15-13-11-9-7-5-2/h6-9,12-15,18-21,24-27,30-33,36-39,54-55,62H,4-5,10-11,16-17,22-23,28-29,34-35,40-53H2,1-3H3,(H,59,63)(H,60,65)(H,61,64)/b8-6-,9-7-,14-12-,15-13-,20-18-,21-19-,26-24-,27-25-,32-30-,33-31-,38-36-,39-37-/t54?,55-/m0/s1. The quantitative estimate of drug-likeness (QED) is 0.0359. The van der Waals surface area contributed by atoms with Gasteiger partial charge in [0.25, 0.3) is 0 Å². The van der Waals surface area contributed by atoms with Gasteiger partial charge in [-0.3, -0.25) is 14.4 Å². The molecule has 3 amide bonds. The molecule has 0 aromatic rings. The maximum atomic E-state index is 13.2. The van der Waals surface area contributed by atoms with Crippen LogP contribution in [0.15, 0.2) is 146 Å². The van der Waals surface area contributed by atoms with Crippen LogP contribution in [0.25, 0.3) is 0 Å². The van der Waals surface area contributed by atoms with Crippen LogP contribution in [0.5, 0.6) is 0 Å². The summed E-state index contributed by atoms with van der Waals surface area (Å²) in [5, 5.41) is 18.5. The van der Waals surface area contributed by atoms with Crippen molar-refractivity contribution in [3.05, 3.63) is 146 Å². The molecule has 368 valence electrons. The van der Waals surface area contributed by atoms with E-state index in [9.17, 15) is 19.5 Å². The first kappa shape index (κ1) is 61.2. The number of hydrogen-bond donors (Lipinski definition) is 4. The molecule has 2 atom stereocenters. The highest BCUT2D eigenvalue weighted by Gasteiger charge is 2.20. The van der Waals surface area contributed by atoms with Crippen molar-refractivity contribution in [1.82, 2.24) is 16.0 Å². The summed E-state index contributed by atoms with van der Waals surface area (Å²) in [6.07, 6.45) is 69.8. The number of amides is 3. The van der Waals surface area contributed by atoms with Crippen LogP contribution in [-0.4, -0.2) is 62.3 Å². The van der Waals surface area contributed by atoms with E-state index in [1.165, 1.54) is 0 Å². The zero-order valence-electron chi connectivity index (χ0n) is 41.5. The Bertz CT molecular complexity index is 1540. The number of methoxy groups -OCH3 is 1. The first-order chi connectivity index (χ1) is 32.5. The molecular formula is C58H91N3O5. The number of aliphatic hydroxyl groups is 1. The molecule has 0 aliphatic carbocycles. The molecule has 4 N–H and O–H groups in total. The van der Waals surface area contributed by atoms with Gasteiger partial charge in [0, 0.05) is 45.6 Å². The van der Waals surface area contributed by atoms with Gasteiger partial charge in [0.2, 0.25) is 17.7 Å². The number of rotatable bonds is 43. The highest BCUT2D eigenvalue weighted by atomic mass is 16.5. The lowest BCUT2D eigenvalue weighted by Crippen LogP contribution is -2.47. The molecule has 0 aromatic carbocycles. The predicted molar refractivity (Wildman–Crippen MR) is 283 cm³/mol. The summed E-state index contributed by atoms with van der Waals surface area (Å²) in [4.78, 5) is 38.5. The van der Waals surface area contributed by atoms with E-state index < -0.39 is 6.04 Å². The van der Waals surface area contributed by atoms with Crippen molar-refractivity contribution in [1.29, 1.82) is 0 Å². The third kappa shape index (κ3) is 45.8. The third-order valence-corrected chi connectivity index (χ3v) is 10.2. The molecular weight excluding hydrogens is 819 g/mol. The molecule has 0 aliphatic heterocycles. The van der Waals surface area contributed by atoms with Gasteiger partial charge in [0.05, 0.1) is 6.61 Å². The fraction of sp³-hybridized carbons (Fsp3) is 0.534. The topological polar surface area (TPSA) is 117 Å². The number of carbonyl (C=O) groups is 3. The van der Waals surface area contributed by atoms with Crippen molar-refractivity contribution in [3.63, 3.8) is 0 Å². The number of unbranched alkanes of at least 4 members (excludes halogenated alkanes) is 2. The van der Waals surface area contributed by atoms with Gasteiger partial charge in [-0.25, -0.2) is 0 Å². The average molecular weight is 910 g/mol. The molecule has 0 radical (unpaired) electrons. The molecule has 0 bridgehead atoms.